The second kappa shape index (κ2) is 8.65. The molecule has 1 saturated heterocycles. The minimum Gasteiger partial charge on any atom is -0.486 e. The summed E-state index contributed by atoms with van der Waals surface area (Å²) in [6.45, 7) is 1.40. The Hall–Kier alpha value is -2.53. The van der Waals surface area contributed by atoms with Crippen molar-refractivity contribution in [2.24, 2.45) is 0 Å². The van der Waals surface area contributed by atoms with Crippen molar-refractivity contribution in [2.45, 2.75) is 30.3 Å². The standard InChI is InChI=1S/C23H24N2O2S/c1-28-20-10-7-17(8-11-20)9-12-22(26)25-15-13-19(16-25)27-21-6-2-4-18-5-3-14-24-23(18)21/h2-8,10-11,14,19H,9,12-13,15-16H2,1H3. The fourth-order valence-corrected chi connectivity index (χ4v) is 4.01. The molecule has 5 heteroatoms. The molecule has 2 aromatic carbocycles. The summed E-state index contributed by atoms with van der Waals surface area (Å²) in [5.74, 6) is 1.00. The lowest BCUT2D eigenvalue weighted by molar-refractivity contribution is -0.130. The second-order valence-corrected chi connectivity index (χ2v) is 7.93. The molecule has 28 heavy (non-hydrogen) atoms. The van der Waals surface area contributed by atoms with Crippen LogP contribution in [0.4, 0.5) is 0 Å². The van der Waals surface area contributed by atoms with Crippen LogP contribution in [0, 0.1) is 0 Å². The lowest BCUT2D eigenvalue weighted by atomic mass is 10.1. The molecule has 1 aliphatic heterocycles. The highest BCUT2D eigenvalue weighted by atomic mass is 32.2. The van der Waals surface area contributed by atoms with Gasteiger partial charge in [0, 0.05) is 35.9 Å². The number of rotatable bonds is 6. The van der Waals surface area contributed by atoms with Crippen LogP contribution in [0.15, 0.2) is 65.7 Å². The van der Waals surface area contributed by atoms with Crippen molar-refractivity contribution in [3.8, 4) is 5.75 Å². The Balaban J connectivity index is 1.32. The van der Waals surface area contributed by atoms with Crippen LogP contribution in [0.2, 0.25) is 0 Å². The number of benzene rings is 2. The van der Waals surface area contributed by atoms with Crippen LogP contribution in [0.3, 0.4) is 0 Å². The molecular formula is C23H24N2O2S. The van der Waals surface area contributed by atoms with E-state index in [9.17, 15) is 4.79 Å². The highest BCUT2D eigenvalue weighted by molar-refractivity contribution is 7.98. The predicted molar refractivity (Wildman–Crippen MR) is 114 cm³/mol. The van der Waals surface area contributed by atoms with Crippen LogP contribution in [-0.2, 0) is 11.2 Å². The van der Waals surface area contributed by atoms with Crippen molar-refractivity contribution in [1.29, 1.82) is 0 Å². The highest BCUT2D eigenvalue weighted by Gasteiger charge is 2.27. The summed E-state index contributed by atoms with van der Waals surface area (Å²) in [7, 11) is 0. The number of nitrogens with zero attached hydrogens (tertiary/aromatic N) is 2. The monoisotopic (exact) mass is 392 g/mol. The van der Waals surface area contributed by atoms with Crippen LogP contribution < -0.4 is 4.74 Å². The lowest BCUT2D eigenvalue weighted by Gasteiger charge is -2.18. The number of ether oxygens (including phenoxy) is 1. The molecule has 2 heterocycles. The van der Waals surface area contributed by atoms with E-state index in [4.69, 9.17) is 4.74 Å². The average Bonchev–Trinajstić information content (AvgIpc) is 3.21. The Morgan fingerprint density at radius 3 is 2.82 bits per heavy atom. The number of pyridine rings is 1. The normalized spacial score (nSPS) is 16.5. The minimum atomic E-state index is 0.0254. The number of amides is 1. The maximum Gasteiger partial charge on any atom is 0.223 e. The van der Waals surface area contributed by atoms with E-state index in [2.05, 4.69) is 35.5 Å². The van der Waals surface area contributed by atoms with Gasteiger partial charge in [-0.05, 0) is 42.5 Å². The summed E-state index contributed by atoms with van der Waals surface area (Å²) in [6.07, 6.45) is 6.06. The van der Waals surface area contributed by atoms with Gasteiger partial charge < -0.3 is 9.64 Å². The Morgan fingerprint density at radius 1 is 1.18 bits per heavy atom. The average molecular weight is 393 g/mol. The molecule has 0 spiro atoms. The number of para-hydroxylation sites is 1. The Morgan fingerprint density at radius 2 is 2.00 bits per heavy atom. The molecule has 0 radical (unpaired) electrons. The second-order valence-electron chi connectivity index (χ2n) is 7.05. The number of likely N-dealkylation sites (tertiary alicyclic amines) is 1. The molecule has 0 aliphatic carbocycles. The van der Waals surface area contributed by atoms with Gasteiger partial charge in [-0.15, -0.1) is 11.8 Å². The summed E-state index contributed by atoms with van der Waals surface area (Å²) in [5.41, 5.74) is 2.09. The van der Waals surface area contributed by atoms with Crippen LogP contribution >= 0.6 is 11.8 Å². The van der Waals surface area contributed by atoms with Crippen molar-refractivity contribution in [3.63, 3.8) is 0 Å². The Labute approximate surface area is 169 Å². The predicted octanol–water partition coefficient (Wildman–Crippen LogP) is 4.57. The van der Waals surface area contributed by atoms with Crippen molar-refractivity contribution in [3.05, 3.63) is 66.4 Å². The van der Waals surface area contributed by atoms with Gasteiger partial charge in [-0.1, -0.05) is 30.3 Å². The first-order valence-corrected chi connectivity index (χ1v) is 10.9. The zero-order valence-electron chi connectivity index (χ0n) is 16.0. The van der Waals surface area contributed by atoms with Gasteiger partial charge in [-0.3, -0.25) is 9.78 Å². The third-order valence-corrected chi connectivity index (χ3v) is 5.92. The SMILES string of the molecule is CSc1ccc(CCC(=O)N2CCC(Oc3cccc4cccnc34)C2)cc1. The van der Waals surface area contributed by atoms with Crippen LogP contribution in [0.1, 0.15) is 18.4 Å². The van der Waals surface area contributed by atoms with Gasteiger partial charge in [0.1, 0.15) is 17.4 Å². The van der Waals surface area contributed by atoms with E-state index in [0.29, 0.717) is 13.0 Å². The van der Waals surface area contributed by atoms with Gasteiger partial charge in [0.05, 0.1) is 6.54 Å². The number of carbonyl (C=O) groups is 1. The first-order chi connectivity index (χ1) is 13.7. The summed E-state index contributed by atoms with van der Waals surface area (Å²) < 4.78 is 6.20. The maximum atomic E-state index is 12.6. The maximum absolute atomic E-state index is 12.6. The van der Waals surface area contributed by atoms with Gasteiger partial charge >= 0.3 is 0 Å². The van der Waals surface area contributed by atoms with Gasteiger partial charge in [0.2, 0.25) is 5.91 Å². The van der Waals surface area contributed by atoms with E-state index in [1.54, 1.807) is 18.0 Å². The zero-order chi connectivity index (χ0) is 19.3. The topological polar surface area (TPSA) is 42.4 Å². The summed E-state index contributed by atoms with van der Waals surface area (Å²) >= 11 is 1.73. The molecule has 1 fully saturated rings. The molecule has 4 nitrogen and oxygen atoms in total. The van der Waals surface area contributed by atoms with Crippen molar-refractivity contribution < 1.29 is 9.53 Å². The molecule has 1 unspecified atom stereocenters. The number of fused-ring (bicyclic) bond motifs is 1. The minimum absolute atomic E-state index is 0.0254. The van der Waals surface area contributed by atoms with Gasteiger partial charge in [-0.2, -0.15) is 0 Å². The summed E-state index contributed by atoms with van der Waals surface area (Å²) in [5, 5.41) is 1.07. The molecule has 1 aliphatic rings. The smallest absolute Gasteiger partial charge is 0.223 e. The van der Waals surface area contributed by atoms with E-state index < -0.39 is 0 Å². The fourth-order valence-electron chi connectivity index (χ4n) is 3.60. The first kappa shape index (κ1) is 18.8. The molecule has 4 rings (SSSR count). The molecule has 0 saturated carbocycles. The largest absolute Gasteiger partial charge is 0.486 e. The number of carbonyl (C=O) groups excluding carboxylic acids is 1. The van der Waals surface area contributed by atoms with Gasteiger partial charge in [0.25, 0.3) is 0 Å². The Bertz CT molecular complexity index is 953. The van der Waals surface area contributed by atoms with Gasteiger partial charge in [0.15, 0.2) is 0 Å². The molecule has 1 atom stereocenters. The number of hydrogen-bond donors (Lipinski definition) is 0. The van der Waals surface area contributed by atoms with Crippen molar-refractivity contribution in [1.82, 2.24) is 9.88 Å². The molecule has 0 bridgehead atoms. The number of thioether (sulfide) groups is 1. The van der Waals surface area contributed by atoms with Crippen molar-refractivity contribution >= 4 is 28.6 Å². The third kappa shape index (κ3) is 4.30. The van der Waals surface area contributed by atoms with Crippen molar-refractivity contribution in [2.75, 3.05) is 19.3 Å². The fraction of sp³-hybridized carbons (Fsp3) is 0.304. The van der Waals surface area contributed by atoms with E-state index in [1.807, 2.05) is 35.2 Å². The highest BCUT2D eigenvalue weighted by Crippen LogP contribution is 2.26. The number of aromatic nitrogens is 1. The molecule has 1 amide bonds. The number of hydrogen-bond acceptors (Lipinski definition) is 4. The molecule has 144 valence electrons. The van der Waals surface area contributed by atoms with Crippen LogP contribution in [0.5, 0.6) is 5.75 Å². The van der Waals surface area contributed by atoms with E-state index in [-0.39, 0.29) is 12.0 Å². The first-order valence-electron chi connectivity index (χ1n) is 9.64. The third-order valence-electron chi connectivity index (χ3n) is 5.17. The van der Waals surface area contributed by atoms with Crippen LogP contribution in [0.25, 0.3) is 10.9 Å². The molecule has 0 N–H and O–H groups in total. The zero-order valence-corrected chi connectivity index (χ0v) is 16.8. The molecule has 3 aromatic rings. The number of aryl methyl sites for hydroxylation is 1. The van der Waals surface area contributed by atoms with E-state index >= 15 is 0 Å². The summed E-state index contributed by atoms with van der Waals surface area (Å²) in [6, 6.07) is 18.4. The molecule has 1 aromatic heterocycles. The van der Waals surface area contributed by atoms with Gasteiger partial charge in [-0.25, -0.2) is 0 Å². The molecular weight excluding hydrogens is 368 g/mol. The van der Waals surface area contributed by atoms with E-state index in [1.165, 1.54) is 10.5 Å². The quantitative estimate of drug-likeness (QED) is 0.577. The van der Waals surface area contributed by atoms with Crippen LogP contribution in [-0.4, -0.2) is 41.2 Å². The van der Waals surface area contributed by atoms with E-state index in [0.717, 1.165) is 36.0 Å². The Kier molecular flexibility index (Phi) is 5.81. The summed E-state index contributed by atoms with van der Waals surface area (Å²) in [4.78, 5) is 20.2. The lowest BCUT2D eigenvalue weighted by Crippen LogP contribution is -2.31.